The fraction of sp³-hybridized carbons (Fsp3) is 0.150. The Balaban J connectivity index is 2.09. The number of amides is 2. The van der Waals surface area contributed by atoms with Crippen LogP contribution in [0.3, 0.4) is 0 Å². The van der Waals surface area contributed by atoms with Crippen LogP contribution in [0.4, 0.5) is 5.69 Å². The first-order valence-electron chi connectivity index (χ1n) is 8.17. The van der Waals surface area contributed by atoms with Crippen LogP contribution in [0, 0.1) is 11.3 Å². The van der Waals surface area contributed by atoms with Crippen LogP contribution in [-0.2, 0) is 6.54 Å². The Bertz CT molecular complexity index is 1020. The molecule has 2 amide bonds. The molecule has 0 unspecified atom stereocenters. The number of hydrogen-bond acceptors (Lipinski definition) is 4. The first kappa shape index (κ1) is 18.5. The Hall–Kier alpha value is -3.30. The van der Waals surface area contributed by atoms with Gasteiger partial charge in [-0.2, -0.15) is 5.26 Å². The summed E-state index contributed by atoms with van der Waals surface area (Å²) in [5, 5.41) is 11.9. The van der Waals surface area contributed by atoms with Crippen molar-refractivity contribution in [3.05, 3.63) is 64.2 Å². The second-order valence-corrected chi connectivity index (χ2v) is 6.61. The topological polar surface area (TPSA) is 99.2 Å². The van der Waals surface area contributed by atoms with Crippen LogP contribution in [0.25, 0.3) is 11.1 Å². The number of carbonyl (C=O) groups excluding carboxylic acids is 2. The van der Waals surface area contributed by atoms with E-state index < -0.39 is 0 Å². The standard InChI is InChI=1S/C20H17ClN4O2/c1-11(8-22)9-25-10-15-13(4-6-17(23)18(15)20(25)27)12-3-5-16(21)14(7-12)19(26)24-2/h3-7H,1,9-10,23H2,2H3,(H,24,26). The Morgan fingerprint density at radius 3 is 2.81 bits per heavy atom. The lowest BCUT2D eigenvalue weighted by atomic mass is 9.94. The zero-order chi connectivity index (χ0) is 19.7. The monoisotopic (exact) mass is 380 g/mol. The van der Waals surface area contributed by atoms with Gasteiger partial charge in [0.25, 0.3) is 11.8 Å². The third kappa shape index (κ3) is 3.25. The zero-order valence-electron chi connectivity index (χ0n) is 14.7. The maximum Gasteiger partial charge on any atom is 0.256 e. The number of nitrogens with zero attached hydrogens (tertiary/aromatic N) is 2. The zero-order valence-corrected chi connectivity index (χ0v) is 15.4. The number of nitrogens with one attached hydrogen (secondary N) is 1. The summed E-state index contributed by atoms with van der Waals surface area (Å²) in [5.41, 5.74) is 9.79. The largest absolute Gasteiger partial charge is 0.398 e. The van der Waals surface area contributed by atoms with Crippen LogP contribution in [0.1, 0.15) is 26.3 Å². The first-order valence-corrected chi connectivity index (χ1v) is 8.55. The minimum Gasteiger partial charge on any atom is -0.398 e. The van der Waals surface area contributed by atoms with Crippen LogP contribution in [0.2, 0.25) is 5.02 Å². The van der Waals surface area contributed by atoms with Gasteiger partial charge in [0.2, 0.25) is 0 Å². The van der Waals surface area contributed by atoms with Crippen LogP contribution in [0.15, 0.2) is 42.5 Å². The molecule has 0 aliphatic carbocycles. The van der Waals surface area contributed by atoms with E-state index >= 15 is 0 Å². The van der Waals surface area contributed by atoms with Gasteiger partial charge in [0.1, 0.15) is 0 Å². The molecule has 3 rings (SSSR count). The second kappa shape index (κ2) is 7.14. The third-order valence-corrected chi connectivity index (χ3v) is 4.81. The summed E-state index contributed by atoms with van der Waals surface area (Å²) < 4.78 is 0. The molecule has 0 atom stereocenters. The van der Waals surface area contributed by atoms with Crippen LogP contribution < -0.4 is 11.1 Å². The minimum atomic E-state index is -0.294. The average molecular weight is 381 g/mol. The molecule has 0 saturated heterocycles. The smallest absolute Gasteiger partial charge is 0.256 e. The van der Waals surface area contributed by atoms with Crippen molar-refractivity contribution in [1.29, 1.82) is 5.26 Å². The quantitative estimate of drug-likeness (QED) is 0.629. The number of benzene rings is 2. The summed E-state index contributed by atoms with van der Waals surface area (Å²) in [6, 6.07) is 10.6. The van der Waals surface area contributed by atoms with E-state index in [2.05, 4.69) is 11.9 Å². The maximum absolute atomic E-state index is 12.7. The molecular weight excluding hydrogens is 364 g/mol. The number of nitrogens with two attached hydrogens (primary N) is 1. The molecule has 1 aliphatic rings. The normalized spacial score (nSPS) is 12.5. The molecule has 6 nitrogen and oxygen atoms in total. The lowest BCUT2D eigenvalue weighted by Crippen LogP contribution is -2.26. The molecule has 2 aromatic carbocycles. The van der Waals surface area contributed by atoms with Crippen molar-refractivity contribution in [3.63, 3.8) is 0 Å². The van der Waals surface area contributed by atoms with Crippen molar-refractivity contribution in [2.75, 3.05) is 19.3 Å². The second-order valence-electron chi connectivity index (χ2n) is 6.21. The molecule has 2 aromatic rings. The highest BCUT2D eigenvalue weighted by Gasteiger charge is 2.32. The van der Waals surface area contributed by atoms with E-state index in [0.29, 0.717) is 34.0 Å². The average Bonchev–Trinajstić information content (AvgIpc) is 2.99. The molecule has 0 saturated carbocycles. The molecular formula is C20H17ClN4O2. The molecule has 0 fully saturated rings. The number of hydrogen-bond donors (Lipinski definition) is 2. The van der Waals surface area contributed by atoms with E-state index in [4.69, 9.17) is 22.6 Å². The van der Waals surface area contributed by atoms with Gasteiger partial charge in [-0.25, -0.2) is 0 Å². The Morgan fingerprint density at radius 1 is 1.41 bits per heavy atom. The van der Waals surface area contributed by atoms with E-state index in [0.717, 1.165) is 16.7 Å². The van der Waals surface area contributed by atoms with Crippen molar-refractivity contribution >= 4 is 29.1 Å². The van der Waals surface area contributed by atoms with E-state index in [1.807, 2.05) is 12.1 Å². The summed E-state index contributed by atoms with van der Waals surface area (Å²) in [7, 11) is 1.53. The molecule has 1 heterocycles. The minimum absolute atomic E-state index is 0.146. The van der Waals surface area contributed by atoms with Gasteiger partial charge in [-0.3, -0.25) is 9.59 Å². The van der Waals surface area contributed by atoms with Crippen LogP contribution in [0.5, 0.6) is 0 Å². The van der Waals surface area contributed by atoms with Gasteiger partial charge < -0.3 is 16.0 Å². The Morgan fingerprint density at radius 2 is 2.15 bits per heavy atom. The molecule has 7 heteroatoms. The molecule has 27 heavy (non-hydrogen) atoms. The lowest BCUT2D eigenvalue weighted by Gasteiger charge is -2.14. The maximum atomic E-state index is 12.7. The summed E-state index contributed by atoms with van der Waals surface area (Å²) in [5.74, 6) is -0.529. The van der Waals surface area contributed by atoms with Crippen molar-refractivity contribution < 1.29 is 9.59 Å². The van der Waals surface area contributed by atoms with E-state index in [1.54, 1.807) is 24.3 Å². The SMILES string of the molecule is C=C(C#N)CN1Cc2c(-c3ccc(Cl)c(C(=O)NC)c3)ccc(N)c2C1=O. The van der Waals surface area contributed by atoms with E-state index in [9.17, 15) is 9.59 Å². The molecule has 1 aliphatic heterocycles. The molecule has 0 spiro atoms. The number of fused-ring (bicyclic) bond motifs is 1. The number of rotatable bonds is 4. The summed E-state index contributed by atoms with van der Waals surface area (Å²) >= 11 is 6.14. The number of halogens is 1. The highest BCUT2D eigenvalue weighted by atomic mass is 35.5. The van der Waals surface area contributed by atoms with Gasteiger partial charge in [0.05, 0.1) is 28.8 Å². The first-order chi connectivity index (χ1) is 12.9. The summed E-state index contributed by atoms with van der Waals surface area (Å²) in [6.07, 6.45) is 0. The summed E-state index contributed by atoms with van der Waals surface area (Å²) in [4.78, 5) is 26.3. The highest BCUT2D eigenvalue weighted by Crippen LogP contribution is 2.37. The fourth-order valence-corrected chi connectivity index (χ4v) is 3.37. The molecule has 3 N–H and O–H groups in total. The lowest BCUT2D eigenvalue weighted by molar-refractivity contribution is 0.0794. The van der Waals surface area contributed by atoms with E-state index in [-0.39, 0.29) is 18.4 Å². The number of carbonyl (C=O) groups is 2. The van der Waals surface area contributed by atoms with Gasteiger partial charge in [0, 0.05) is 24.9 Å². The Kier molecular flexibility index (Phi) is 4.89. The van der Waals surface area contributed by atoms with E-state index in [1.165, 1.54) is 11.9 Å². The fourth-order valence-electron chi connectivity index (χ4n) is 3.17. The van der Waals surface area contributed by atoms with Gasteiger partial charge in [-0.1, -0.05) is 30.3 Å². The highest BCUT2D eigenvalue weighted by molar-refractivity contribution is 6.34. The predicted molar refractivity (Wildman–Crippen MR) is 104 cm³/mol. The molecule has 136 valence electrons. The van der Waals surface area contributed by atoms with Crippen molar-refractivity contribution in [2.24, 2.45) is 0 Å². The molecule has 0 aromatic heterocycles. The van der Waals surface area contributed by atoms with Gasteiger partial charge in [0.15, 0.2) is 0 Å². The number of anilines is 1. The molecule has 0 bridgehead atoms. The van der Waals surface area contributed by atoms with Gasteiger partial charge >= 0.3 is 0 Å². The van der Waals surface area contributed by atoms with Gasteiger partial charge in [-0.05, 0) is 34.9 Å². The van der Waals surface area contributed by atoms with Crippen molar-refractivity contribution in [2.45, 2.75) is 6.54 Å². The van der Waals surface area contributed by atoms with Crippen LogP contribution >= 0.6 is 11.6 Å². The Labute approximate surface area is 161 Å². The number of nitrogen functional groups attached to an aromatic ring is 1. The van der Waals surface area contributed by atoms with Crippen molar-refractivity contribution in [1.82, 2.24) is 10.2 Å². The van der Waals surface area contributed by atoms with Gasteiger partial charge in [-0.15, -0.1) is 0 Å². The van der Waals surface area contributed by atoms with Crippen LogP contribution in [-0.4, -0.2) is 30.3 Å². The third-order valence-electron chi connectivity index (χ3n) is 4.48. The summed E-state index contributed by atoms with van der Waals surface area (Å²) in [6.45, 7) is 4.10. The predicted octanol–water partition coefficient (Wildman–Crippen LogP) is 2.98. The number of nitriles is 1. The molecule has 0 radical (unpaired) electrons. The van der Waals surface area contributed by atoms with Crippen molar-refractivity contribution in [3.8, 4) is 17.2 Å².